The summed E-state index contributed by atoms with van der Waals surface area (Å²) in [5.74, 6) is 1.08. The smallest absolute Gasteiger partial charge is 0.141 e. The third-order valence-corrected chi connectivity index (χ3v) is 5.32. The van der Waals surface area contributed by atoms with Gasteiger partial charge in [0.05, 0.1) is 28.4 Å². The summed E-state index contributed by atoms with van der Waals surface area (Å²) in [5.41, 5.74) is 4.03. The number of piperidine rings is 1. The monoisotopic (exact) mass is 373 g/mol. The van der Waals surface area contributed by atoms with Crippen molar-refractivity contribution in [2.24, 2.45) is 0 Å². The van der Waals surface area contributed by atoms with Crippen LogP contribution in [0.4, 0.5) is 10.2 Å². The summed E-state index contributed by atoms with van der Waals surface area (Å²) in [4.78, 5) is 9.98. The van der Waals surface area contributed by atoms with Gasteiger partial charge in [0.2, 0.25) is 0 Å². The normalized spacial score (nSPS) is 15.6. The average molecular weight is 374 g/mol. The number of hydrogen-bond donors (Lipinski definition) is 1. The molecule has 0 aliphatic carbocycles. The van der Waals surface area contributed by atoms with Crippen molar-refractivity contribution in [1.82, 2.24) is 19.7 Å². The Bertz CT molecular complexity index is 924. The molecule has 1 aliphatic heterocycles. The largest absolute Gasteiger partial charge is 0.356 e. The van der Waals surface area contributed by atoms with Gasteiger partial charge in [0.25, 0.3) is 0 Å². The van der Waals surface area contributed by atoms with E-state index in [1.54, 1.807) is 18.5 Å². The van der Waals surface area contributed by atoms with Crippen LogP contribution >= 0.6 is 11.6 Å². The predicted octanol–water partition coefficient (Wildman–Crippen LogP) is 4.39. The number of nitrogens with one attached hydrogen (secondary N) is 1. The molecule has 0 unspecified atom stereocenters. The summed E-state index contributed by atoms with van der Waals surface area (Å²) >= 11 is 5.96. The van der Waals surface area contributed by atoms with Crippen LogP contribution in [0.15, 0.2) is 30.6 Å². The minimum atomic E-state index is -0.420. The molecule has 3 heterocycles. The number of imidazole rings is 1. The van der Waals surface area contributed by atoms with E-state index in [0.29, 0.717) is 5.92 Å². The lowest BCUT2D eigenvalue weighted by molar-refractivity contribution is 0.490. The van der Waals surface area contributed by atoms with E-state index in [-0.39, 0.29) is 5.02 Å². The van der Waals surface area contributed by atoms with Gasteiger partial charge in [0.15, 0.2) is 0 Å². The van der Waals surface area contributed by atoms with Crippen LogP contribution in [0, 0.1) is 19.7 Å². The number of halogens is 2. The zero-order valence-electron chi connectivity index (χ0n) is 14.8. The molecule has 0 saturated carbocycles. The molecule has 3 aromatic rings. The Kier molecular flexibility index (Phi) is 4.44. The number of hydrogen-bond acceptors (Lipinski definition) is 3. The SMILES string of the molecule is Cc1cc(N2CCC(c3nc[nH]c3C)CC2)n(-c2ccc(F)c(Cl)c2)n1. The molecule has 0 amide bonds. The van der Waals surface area contributed by atoms with Crippen LogP contribution in [-0.4, -0.2) is 32.8 Å². The summed E-state index contributed by atoms with van der Waals surface area (Å²) in [7, 11) is 0. The van der Waals surface area contributed by atoms with E-state index in [0.717, 1.165) is 48.8 Å². The Hall–Kier alpha value is -2.34. The van der Waals surface area contributed by atoms with E-state index >= 15 is 0 Å². The highest BCUT2D eigenvalue weighted by Gasteiger charge is 2.25. The summed E-state index contributed by atoms with van der Waals surface area (Å²) in [6, 6.07) is 6.77. The fourth-order valence-electron chi connectivity index (χ4n) is 3.68. The summed E-state index contributed by atoms with van der Waals surface area (Å²) < 4.78 is 15.4. The number of anilines is 1. The van der Waals surface area contributed by atoms with Gasteiger partial charge in [-0.2, -0.15) is 5.10 Å². The third kappa shape index (κ3) is 3.09. The van der Waals surface area contributed by atoms with Gasteiger partial charge < -0.3 is 9.88 Å². The highest BCUT2D eigenvalue weighted by Crippen LogP contribution is 2.32. The van der Waals surface area contributed by atoms with Crippen LogP contribution < -0.4 is 4.90 Å². The van der Waals surface area contributed by atoms with Crippen LogP contribution in [-0.2, 0) is 0 Å². The van der Waals surface area contributed by atoms with Gasteiger partial charge in [-0.15, -0.1) is 0 Å². The highest BCUT2D eigenvalue weighted by atomic mass is 35.5. The lowest BCUT2D eigenvalue weighted by atomic mass is 9.92. The van der Waals surface area contributed by atoms with Gasteiger partial charge >= 0.3 is 0 Å². The van der Waals surface area contributed by atoms with E-state index in [1.165, 1.54) is 11.8 Å². The maximum absolute atomic E-state index is 13.5. The van der Waals surface area contributed by atoms with Crippen LogP contribution in [0.1, 0.15) is 35.8 Å². The third-order valence-electron chi connectivity index (χ3n) is 5.04. The number of benzene rings is 1. The lowest BCUT2D eigenvalue weighted by Crippen LogP contribution is -2.34. The molecule has 1 fully saturated rings. The molecule has 0 spiro atoms. The minimum Gasteiger partial charge on any atom is -0.356 e. The molecule has 1 aromatic carbocycles. The summed E-state index contributed by atoms with van der Waals surface area (Å²) in [6.45, 7) is 5.89. The number of nitrogens with zero attached hydrogens (tertiary/aromatic N) is 4. The standard InChI is InChI=1S/C19H21ClFN5/c1-12-9-18(26(24-12)15-3-4-17(21)16(20)10-15)25-7-5-14(6-8-25)19-13(2)22-11-23-19/h3-4,9-11,14H,5-8H2,1-2H3,(H,22,23). The van der Waals surface area contributed by atoms with Crippen molar-refractivity contribution in [3.63, 3.8) is 0 Å². The second kappa shape index (κ2) is 6.76. The number of aryl methyl sites for hydroxylation is 2. The Labute approximate surface area is 156 Å². The maximum atomic E-state index is 13.5. The van der Waals surface area contributed by atoms with Crippen LogP contribution in [0.2, 0.25) is 5.02 Å². The molecule has 1 aliphatic rings. The Balaban J connectivity index is 1.58. The molecule has 0 bridgehead atoms. The Morgan fingerprint density at radius 2 is 1.96 bits per heavy atom. The topological polar surface area (TPSA) is 49.7 Å². The number of aromatic nitrogens is 4. The molecule has 5 nitrogen and oxygen atoms in total. The molecule has 0 radical (unpaired) electrons. The molecule has 26 heavy (non-hydrogen) atoms. The van der Waals surface area contributed by atoms with Crippen molar-refractivity contribution < 1.29 is 4.39 Å². The first-order valence-corrected chi connectivity index (χ1v) is 9.17. The van der Waals surface area contributed by atoms with Gasteiger partial charge in [-0.05, 0) is 44.9 Å². The number of aromatic amines is 1. The first-order valence-electron chi connectivity index (χ1n) is 8.80. The van der Waals surface area contributed by atoms with Crippen LogP contribution in [0.3, 0.4) is 0 Å². The minimum absolute atomic E-state index is 0.106. The zero-order chi connectivity index (χ0) is 18.3. The second-order valence-corrected chi connectivity index (χ2v) is 7.24. The molecule has 0 atom stereocenters. The van der Waals surface area contributed by atoms with Gasteiger partial charge in [-0.25, -0.2) is 14.1 Å². The molecular formula is C19H21ClFN5. The Morgan fingerprint density at radius 1 is 1.19 bits per heavy atom. The first kappa shape index (κ1) is 17.1. The molecule has 1 saturated heterocycles. The molecule has 1 N–H and O–H groups in total. The van der Waals surface area contributed by atoms with Crippen LogP contribution in [0.25, 0.3) is 5.69 Å². The average Bonchev–Trinajstić information content (AvgIpc) is 3.23. The van der Waals surface area contributed by atoms with E-state index in [4.69, 9.17) is 11.6 Å². The lowest BCUT2D eigenvalue weighted by Gasteiger charge is -2.33. The summed E-state index contributed by atoms with van der Waals surface area (Å²) in [5, 5.41) is 4.69. The molecule has 136 valence electrons. The van der Waals surface area contributed by atoms with E-state index < -0.39 is 5.82 Å². The fraction of sp³-hybridized carbons (Fsp3) is 0.368. The summed E-state index contributed by atoms with van der Waals surface area (Å²) in [6.07, 6.45) is 3.86. The highest BCUT2D eigenvalue weighted by molar-refractivity contribution is 6.30. The van der Waals surface area contributed by atoms with Crippen molar-refractivity contribution in [1.29, 1.82) is 0 Å². The van der Waals surface area contributed by atoms with Gasteiger partial charge in [0.1, 0.15) is 11.6 Å². The second-order valence-electron chi connectivity index (χ2n) is 6.83. The number of H-pyrrole nitrogens is 1. The Morgan fingerprint density at radius 3 is 2.62 bits per heavy atom. The van der Waals surface area contributed by atoms with E-state index in [9.17, 15) is 4.39 Å². The van der Waals surface area contributed by atoms with Crippen LogP contribution in [0.5, 0.6) is 0 Å². The quantitative estimate of drug-likeness (QED) is 0.740. The van der Waals surface area contributed by atoms with Crippen molar-refractivity contribution in [2.75, 3.05) is 18.0 Å². The van der Waals surface area contributed by atoms with E-state index in [2.05, 4.69) is 33.0 Å². The van der Waals surface area contributed by atoms with Crippen molar-refractivity contribution in [3.8, 4) is 5.69 Å². The first-order chi connectivity index (χ1) is 12.5. The predicted molar refractivity (Wildman–Crippen MR) is 101 cm³/mol. The molecule has 7 heteroatoms. The van der Waals surface area contributed by atoms with Crippen molar-refractivity contribution in [3.05, 3.63) is 58.5 Å². The maximum Gasteiger partial charge on any atom is 0.141 e. The van der Waals surface area contributed by atoms with Gasteiger partial charge in [-0.3, -0.25) is 0 Å². The van der Waals surface area contributed by atoms with E-state index in [1.807, 2.05) is 11.6 Å². The molecule has 2 aromatic heterocycles. The molecule has 4 rings (SSSR count). The van der Waals surface area contributed by atoms with Gasteiger partial charge in [-0.1, -0.05) is 11.6 Å². The fourth-order valence-corrected chi connectivity index (χ4v) is 3.86. The zero-order valence-corrected chi connectivity index (χ0v) is 15.6. The number of rotatable bonds is 3. The van der Waals surface area contributed by atoms with Crippen molar-refractivity contribution >= 4 is 17.4 Å². The molecular weight excluding hydrogens is 353 g/mol. The van der Waals surface area contributed by atoms with Gasteiger partial charge in [0, 0.05) is 30.8 Å². The van der Waals surface area contributed by atoms with Crippen molar-refractivity contribution in [2.45, 2.75) is 32.6 Å².